The Morgan fingerprint density at radius 3 is 3.12 bits per heavy atom. The van der Waals surface area contributed by atoms with Crippen molar-refractivity contribution in [2.45, 2.75) is 12.8 Å². The van der Waals surface area contributed by atoms with Crippen LogP contribution in [0.3, 0.4) is 0 Å². The minimum Gasteiger partial charge on any atom is -0.162 e. The van der Waals surface area contributed by atoms with Gasteiger partial charge in [0.25, 0.3) is 0 Å². The standard InChI is InChI=1S/C7H12S/c1-2-3-7-4-5-8-6-7/h2,7H,1,3-6H2. The SMILES string of the molecule is C=CCC1CCSC1. The fourth-order valence-corrected chi connectivity index (χ4v) is 2.31. The summed E-state index contributed by atoms with van der Waals surface area (Å²) in [6, 6.07) is 0. The molecule has 0 radical (unpaired) electrons. The van der Waals surface area contributed by atoms with E-state index in [1.54, 1.807) is 0 Å². The van der Waals surface area contributed by atoms with E-state index < -0.39 is 0 Å². The third-order valence-corrected chi connectivity index (χ3v) is 2.76. The minimum atomic E-state index is 0.956. The van der Waals surface area contributed by atoms with Gasteiger partial charge in [0.1, 0.15) is 0 Å². The predicted molar refractivity (Wildman–Crippen MR) is 40.2 cm³/mol. The first-order valence-electron chi connectivity index (χ1n) is 3.12. The Morgan fingerprint density at radius 2 is 2.62 bits per heavy atom. The van der Waals surface area contributed by atoms with Crippen molar-refractivity contribution in [1.82, 2.24) is 0 Å². The van der Waals surface area contributed by atoms with E-state index in [9.17, 15) is 0 Å². The Balaban J connectivity index is 2.14. The molecule has 46 valence electrons. The maximum Gasteiger partial charge on any atom is -0.00359 e. The molecule has 1 atom stereocenters. The van der Waals surface area contributed by atoms with Gasteiger partial charge in [-0.2, -0.15) is 11.8 Å². The summed E-state index contributed by atoms with van der Waals surface area (Å²) in [6.07, 6.45) is 4.68. The molecule has 1 saturated heterocycles. The molecular weight excluding hydrogens is 116 g/mol. The van der Waals surface area contributed by atoms with E-state index in [-0.39, 0.29) is 0 Å². The lowest BCUT2D eigenvalue weighted by Crippen LogP contribution is -1.93. The molecule has 1 unspecified atom stereocenters. The minimum absolute atomic E-state index is 0.956. The third kappa shape index (κ3) is 1.55. The molecule has 0 N–H and O–H groups in total. The highest BCUT2D eigenvalue weighted by atomic mass is 32.2. The van der Waals surface area contributed by atoms with Crippen LogP contribution in [0, 0.1) is 5.92 Å². The van der Waals surface area contributed by atoms with Crippen LogP contribution in [0.1, 0.15) is 12.8 Å². The van der Waals surface area contributed by atoms with Crippen LogP contribution in [0.15, 0.2) is 12.7 Å². The van der Waals surface area contributed by atoms with E-state index in [2.05, 4.69) is 18.3 Å². The van der Waals surface area contributed by atoms with E-state index in [0.29, 0.717) is 0 Å². The van der Waals surface area contributed by atoms with Crippen molar-refractivity contribution < 1.29 is 0 Å². The van der Waals surface area contributed by atoms with Crippen molar-refractivity contribution in [3.8, 4) is 0 Å². The highest BCUT2D eigenvalue weighted by Gasteiger charge is 2.12. The molecule has 1 fully saturated rings. The second-order valence-corrected chi connectivity index (χ2v) is 3.40. The zero-order valence-electron chi connectivity index (χ0n) is 5.10. The number of thioether (sulfide) groups is 1. The zero-order chi connectivity index (χ0) is 5.82. The van der Waals surface area contributed by atoms with Gasteiger partial charge in [0.2, 0.25) is 0 Å². The van der Waals surface area contributed by atoms with Crippen LogP contribution < -0.4 is 0 Å². The molecule has 0 spiro atoms. The maximum atomic E-state index is 3.71. The molecule has 0 aliphatic carbocycles. The lowest BCUT2D eigenvalue weighted by atomic mass is 10.1. The van der Waals surface area contributed by atoms with Crippen molar-refractivity contribution in [3.63, 3.8) is 0 Å². The van der Waals surface area contributed by atoms with Crippen molar-refractivity contribution in [2.75, 3.05) is 11.5 Å². The first-order valence-corrected chi connectivity index (χ1v) is 4.27. The first kappa shape index (κ1) is 6.21. The maximum absolute atomic E-state index is 3.71. The summed E-state index contributed by atoms with van der Waals surface area (Å²) in [6.45, 7) is 3.71. The highest BCUT2D eigenvalue weighted by molar-refractivity contribution is 7.99. The van der Waals surface area contributed by atoms with Crippen LogP contribution in [0.5, 0.6) is 0 Å². The fraction of sp³-hybridized carbons (Fsp3) is 0.714. The van der Waals surface area contributed by atoms with Crippen LogP contribution in [0.2, 0.25) is 0 Å². The summed E-state index contributed by atoms with van der Waals surface area (Å²) in [5, 5.41) is 0. The van der Waals surface area contributed by atoms with Gasteiger partial charge in [0.05, 0.1) is 0 Å². The summed E-state index contributed by atoms with van der Waals surface area (Å²) in [7, 11) is 0. The molecule has 1 aliphatic heterocycles. The molecule has 0 aromatic heterocycles. The molecule has 1 heteroatoms. The quantitative estimate of drug-likeness (QED) is 0.514. The van der Waals surface area contributed by atoms with Crippen LogP contribution in [-0.4, -0.2) is 11.5 Å². The van der Waals surface area contributed by atoms with Crippen LogP contribution in [-0.2, 0) is 0 Å². The topological polar surface area (TPSA) is 0 Å². The predicted octanol–water partition coefficient (Wildman–Crippen LogP) is 2.32. The van der Waals surface area contributed by atoms with Gasteiger partial charge < -0.3 is 0 Å². The van der Waals surface area contributed by atoms with Gasteiger partial charge in [-0.05, 0) is 30.3 Å². The van der Waals surface area contributed by atoms with Crippen LogP contribution in [0.25, 0.3) is 0 Å². The van der Waals surface area contributed by atoms with E-state index in [0.717, 1.165) is 5.92 Å². The Hall–Kier alpha value is 0.0900. The van der Waals surface area contributed by atoms with E-state index in [1.807, 2.05) is 6.08 Å². The number of allylic oxidation sites excluding steroid dienone is 1. The molecule has 8 heavy (non-hydrogen) atoms. The van der Waals surface area contributed by atoms with Gasteiger partial charge in [0, 0.05) is 0 Å². The summed E-state index contributed by atoms with van der Waals surface area (Å²) in [4.78, 5) is 0. The smallest absolute Gasteiger partial charge is 0.00359 e. The lowest BCUT2D eigenvalue weighted by molar-refractivity contribution is 0.610. The van der Waals surface area contributed by atoms with Crippen molar-refractivity contribution in [1.29, 1.82) is 0 Å². The number of hydrogen-bond acceptors (Lipinski definition) is 1. The van der Waals surface area contributed by atoms with Crippen molar-refractivity contribution >= 4 is 11.8 Å². The van der Waals surface area contributed by atoms with Gasteiger partial charge in [-0.25, -0.2) is 0 Å². The average Bonchev–Trinajstić information content (AvgIpc) is 2.19. The summed E-state index contributed by atoms with van der Waals surface area (Å²) in [5.41, 5.74) is 0. The molecular formula is C7H12S. The monoisotopic (exact) mass is 128 g/mol. The van der Waals surface area contributed by atoms with Crippen LogP contribution in [0.4, 0.5) is 0 Å². The number of rotatable bonds is 2. The van der Waals surface area contributed by atoms with Crippen molar-refractivity contribution in [2.24, 2.45) is 5.92 Å². The molecule has 0 nitrogen and oxygen atoms in total. The molecule has 0 aromatic carbocycles. The van der Waals surface area contributed by atoms with Crippen LogP contribution >= 0.6 is 11.8 Å². The molecule has 0 saturated carbocycles. The van der Waals surface area contributed by atoms with Gasteiger partial charge in [-0.3, -0.25) is 0 Å². The second-order valence-electron chi connectivity index (χ2n) is 2.25. The molecule has 1 rings (SSSR count). The molecule has 1 aliphatic rings. The van der Waals surface area contributed by atoms with Gasteiger partial charge in [-0.1, -0.05) is 6.08 Å². The van der Waals surface area contributed by atoms with Gasteiger partial charge in [-0.15, -0.1) is 6.58 Å². The zero-order valence-corrected chi connectivity index (χ0v) is 5.91. The normalized spacial score (nSPS) is 28.2. The average molecular weight is 128 g/mol. The van der Waals surface area contributed by atoms with E-state index >= 15 is 0 Å². The van der Waals surface area contributed by atoms with Crippen molar-refractivity contribution in [3.05, 3.63) is 12.7 Å². The summed E-state index contributed by atoms with van der Waals surface area (Å²) >= 11 is 2.07. The fourth-order valence-electron chi connectivity index (χ4n) is 1.00. The first-order chi connectivity index (χ1) is 3.93. The Labute approximate surface area is 55.4 Å². The lowest BCUT2D eigenvalue weighted by Gasteiger charge is -1.99. The van der Waals surface area contributed by atoms with E-state index in [1.165, 1.54) is 24.3 Å². The molecule has 0 aromatic rings. The van der Waals surface area contributed by atoms with E-state index in [4.69, 9.17) is 0 Å². The molecule has 1 heterocycles. The Kier molecular flexibility index (Phi) is 2.47. The molecule has 0 amide bonds. The Morgan fingerprint density at radius 1 is 1.75 bits per heavy atom. The summed E-state index contributed by atoms with van der Waals surface area (Å²) in [5.74, 6) is 3.70. The third-order valence-electron chi connectivity index (χ3n) is 1.52. The summed E-state index contributed by atoms with van der Waals surface area (Å²) < 4.78 is 0. The van der Waals surface area contributed by atoms with Gasteiger partial charge in [0.15, 0.2) is 0 Å². The van der Waals surface area contributed by atoms with Gasteiger partial charge >= 0.3 is 0 Å². The molecule has 0 bridgehead atoms. The highest BCUT2D eigenvalue weighted by Crippen LogP contribution is 2.25. The number of hydrogen-bond donors (Lipinski definition) is 0. The Bertz CT molecular complexity index is 72.5. The largest absolute Gasteiger partial charge is 0.162 e. The second kappa shape index (κ2) is 3.18.